The number of imidazole rings is 1. The van der Waals surface area contributed by atoms with Crippen LogP contribution >= 0.6 is 0 Å². The van der Waals surface area contributed by atoms with E-state index in [4.69, 9.17) is 5.11 Å². The summed E-state index contributed by atoms with van der Waals surface area (Å²) in [7, 11) is 0. The third-order valence-corrected chi connectivity index (χ3v) is 2.52. The first-order chi connectivity index (χ1) is 8.89. The summed E-state index contributed by atoms with van der Waals surface area (Å²) < 4.78 is 39.0. The quantitative estimate of drug-likeness (QED) is 0.932. The van der Waals surface area contributed by atoms with E-state index in [-0.39, 0.29) is 6.54 Å². The van der Waals surface area contributed by atoms with Gasteiger partial charge in [-0.15, -0.1) is 0 Å². The van der Waals surface area contributed by atoms with Gasteiger partial charge < -0.3 is 9.67 Å². The average molecular weight is 270 g/mol. The molecule has 0 aliphatic heterocycles. The van der Waals surface area contributed by atoms with Crippen LogP contribution in [0.3, 0.4) is 0 Å². The van der Waals surface area contributed by atoms with Gasteiger partial charge in [-0.25, -0.2) is 9.78 Å². The number of aromatic nitrogens is 2. The summed E-state index contributed by atoms with van der Waals surface area (Å²) in [5, 5.41) is 8.87. The van der Waals surface area contributed by atoms with Crippen LogP contribution in [0.25, 0.3) is 0 Å². The molecule has 0 aliphatic rings. The second kappa shape index (κ2) is 4.75. The van der Waals surface area contributed by atoms with Crippen LogP contribution in [0.2, 0.25) is 0 Å². The summed E-state index contributed by atoms with van der Waals surface area (Å²) in [5.74, 6) is -2.12. The zero-order chi connectivity index (χ0) is 14.0. The Hall–Kier alpha value is -2.31. The van der Waals surface area contributed by atoms with Crippen LogP contribution < -0.4 is 0 Å². The molecule has 0 aliphatic carbocycles. The van der Waals surface area contributed by atoms with Gasteiger partial charge in [0, 0.05) is 6.54 Å². The number of carboxylic acid groups (broad SMARTS) is 1. The Labute approximate surface area is 106 Å². The molecule has 1 heterocycles. The van der Waals surface area contributed by atoms with Gasteiger partial charge >= 0.3 is 12.1 Å². The largest absolute Gasteiger partial charge is 0.475 e. The lowest BCUT2D eigenvalue weighted by atomic mass is 10.2. The minimum Gasteiger partial charge on any atom is -0.475 e. The molecular formula is C12H9F3N2O2. The highest BCUT2D eigenvalue weighted by molar-refractivity contribution is 5.83. The molecule has 2 rings (SSSR count). The summed E-state index contributed by atoms with van der Waals surface area (Å²) in [4.78, 5) is 14.2. The second-order valence-corrected chi connectivity index (χ2v) is 3.84. The van der Waals surface area contributed by atoms with Crippen molar-refractivity contribution in [3.8, 4) is 0 Å². The summed E-state index contributed by atoms with van der Waals surface area (Å²) in [6.45, 7) is -0.197. The van der Waals surface area contributed by atoms with Crippen LogP contribution in [0.4, 0.5) is 13.2 Å². The van der Waals surface area contributed by atoms with E-state index in [2.05, 4.69) is 4.98 Å². The molecule has 1 aromatic heterocycles. The van der Waals surface area contributed by atoms with E-state index in [1.54, 1.807) is 30.3 Å². The average Bonchev–Trinajstić information content (AvgIpc) is 2.74. The molecule has 100 valence electrons. The fraction of sp³-hybridized carbons (Fsp3) is 0.167. The predicted octanol–water partition coefficient (Wildman–Crippen LogP) is 2.65. The van der Waals surface area contributed by atoms with Gasteiger partial charge in [-0.3, -0.25) is 0 Å². The van der Waals surface area contributed by atoms with Crippen LogP contribution in [0, 0.1) is 0 Å². The smallest absolute Gasteiger partial charge is 0.433 e. The van der Waals surface area contributed by atoms with Crippen LogP contribution in [0.15, 0.2) is 36.5 Å². The maximum absolute atomic E-state index is 12.8. The van der Waals surface area contributed by atoms with Gasteiger partial charge in [-0.05, 0) is 5.56 Å². The van der Waals surface area contributed by atoms with Crippen LogP contribution in [0.1, 0.15) is 21.9 Å². The van der Waals surface area contributed by atoms with Gasteiger partial charge in [0.05, 0.1) is 6.20 Å². The van der Waals surface area contributed by atoms with Crippen molar-refractivity contribution in [3.05, 3.63) is 53.6 Å². The molecule has 0 saturated heterocycles. The van der Waals surface area contributed by atoms with Gasteiger partial charge in [0.1, 0.15) is 5.69 Å². The van der Waals surface area contributed by atoms with Crippen molar-refractivity contribution in [3.63, 3.8) is 0 Å². The fourth-order valence-corrected chi connectivity index (χ4v) is 1.70. The SMILES string of the molecule is O=C(O)c1ncc(C(F)(F)F)n1Cc1ccccc1. The third kappa shape index (κ3) is 2.75. The number of hydrogen-bond donors (Lipinski definition) is 1. The highest BCUT2D eigenvalue weighted by Crippen LogP contribution is 2.30. The molecule has 0 spiro atoms. The van der Waals surface area contributed by atoms with Crippen molar-refractivity contribution in [1.82, 2.24) is 9.55 Å². The zero-order valence-corrected chi connectivity index (χ0v) is 9.55. The van der Waals surface area contributed by atoms with Crippen molar-refractivity contribution >= 4 is 5.97 Å². The Balaban J connectivity index is 2.47. The molecule has 2 aromatic rings. The molecule has 0 fully saturated rings. The molecule has 0 saturated carbocycles. The first kappa shape index (κ1) is 13.1. The Bertz CT molecular complexity index is 591. The van der Waals surface area contributed by atoms with Gasteiger partial charge in [0.25, 0.3) is 0 Å². The molecule has 1 aromatic carbocycles. The maximum Gasteiger partial charge on any atom is 0.433 e. The summed E-state index contributed by atoms with van der Waals surface area (Å²) in [5.41, 5.74) is -0.512. The number of hydrogen-bond acceptors (Lipinski definition) is 2. The van der Waals surface area contributed by atoms with Crippen molar-refractivity contribution in [2.75, 3.05) is 0 Å². The lowest BCUT2D eigenvalue weighted by Crippen LogP contribution is -2.18. The number of halogens is 3. The number of carbonyl (C=O) groups is 1. The van der Waals surface area contributed by atoms with Crippen LogP contribution in [-0.2, 0) is 12.7 Å². The molecule has 0 unspecified atom stereocenters. The van der Waals surface area contributed by atoms with Crippen LogP contribution in [-0.4, -0.2) is 20.6 Å². The Morgan fingerprint density at radius 1 is 1.26 bits per heavy atom. The third-order valence-electron chi connectivity index (χ3n) is 2.52. The van der Waals surface area contributed by atoms with Crippen molar-refractivity contribution in [2.45, 2.75) is 12.7 Å². The number of rotatable bonds is 3. The number of carboxylic acids is 1. The monoisotopic (exact) mass is 270 g/mol. The minimum atomic E-state index is -4.64. The van der Waals surface area contributed by atoms with E-state index in [0.29, 0.717) is 16.3 Å². The van der Waals surface area contributed by atoms with Gasteiger partial charge in [-0.1, -0.05) is 30.3 Å². The van der Waals surface area contributed by atoms with E-state index in [1.165, 1.54) is 0 Å². The van der Waals surface area contributed by atoms with E-state index in [1.807, 2.05) is 0 Å². The molecule has 1 N–H and O–H groups in total. The molecule has 0 radical (unpaired) electrons. The molecular weight excluding hydrogens is 261 g/mol. The summed E-state index contributed by atoms with van der Waals surface area (Å²) in [6.07, 6.45) is -4.11. The number of alkyl halides is 3. The first-order valence-electron chi connectivity index (χ1n) is 5.29. The molecule has 0 amide bonds. The number of nitrogens with zero attached hydrogens (tertiary/aromatic N) is 2. The number of benzene rings is 1. The van der Waals surface area contributed by atoms with E-state index >= 15 is 0 Å². The zero-order valence-electron chi connectivity index (χ0n) is 9.55. The fourth-order valence-electron chi connectivity index (χ4n) is 1.70. The van der Waals surface area contributed by atoms with Gasteiger partial charge in [0.15, 0.2) is 0 Å². The standard InChI is InChI=1S/C12H9F3N2O2/c13-12(14,15)9-6-16-10(11(18)19)17(9)7-8-4-2-1-3-5-8/h1-6H,7H2,(H,18,19). The molecule has 0 atom stereocenters. The van der Waals surface area contributed by atoms with E-state index in [9.17, 15) is 18.0 Å². The molecule has 7 heteroatoms. The second-order valence-electron chi connectivity index (χ2n) is 3.84. The van der Waals surface area contributed by atoms with E-state index in [0.717, 1.165) is 0 Å². The lowest BCUT2D eigenvalue weighted by molar-refractivity contribution is -0.143. The summed E-state index contributed by atoms with van der Waals surface area (Å²) in [6, 6.07) is 8.29. The normalized spacial score (nSPS) is 11.5. The molecule has 4 nitrogen and oxygen atoms in total. The summed E-state index contributed by atoms with van der Waals surface area (Å²) >= 11 is 0. The van der Waals surface area contributed by atoms with Crippen molar-refractivity contribution in [2.24, 2.45) is 0 Å². The predicted molar refractivity (Wildman–Crippen MR) is 59.7 cm³/mol. The van der Waals surface area contributed by atoms with Gasteiger partial charge in [0.2, 0.25) is 5.82 Å². The van der Waals surface area contributed by atoms with Crippen molar-refractivity contribution < 1.29 is 23.1 Å². The number of aromatic carboxylic acids is 1. The van der Waals surface area contributed by atoms with Crippen molar-refractivity contribution in [1.29, 1.82) is 0 Å². The van der Waals surface area contributed by atoms with Crippen LogP contribution in [0.5, 0.6) is 0 Å². The first-order valence-corrected chi connectivity index (χ1v) is 5.29. The Kier molecular flexibility index (Phi) is 3.28. The molecule has 19 heavy (non-hydrogen) atoms. The highest BCUT2D eigenvalue weighted by atomic mass is 19.4. The van der Waals surface area contributed by atoms with E-state index < -0.39 is 23.7 Å². The minimum absolute atomic E-state index is 0.197. The maximum atomic E-state index is 12.8. The molecule has 0 bridgehead atoms. The van der Waals surface area contributed by atoms with Gasteiger partial charge in [-0.2, -0.15) is 13.2 Å². The highest BCUT2D eigenvalue weighted by Gasteiger charge is 2.37. The lowest BCUT2D eigenvalue weighted by Gasteiger charge is -2.12. The Morgan fingerprint density at radius 2 is 1.89 bits per heavy atom. The Morgan fingerprint density at radius 3 is 2.42 bits per heavy atom. The topological polar surface area (TPSA) is 55.1 Å².